The number of hydrogen-bond donors (Lipinski definition) is 2. The summed E-state index contributed by atoms with van der Waals surface area (Å²) in [6.07, 6.45) is 36.3. The second kappa shape index (κ2) is 33.4. The molecular weight excluding hydrogens is 510 g/mol. The van der Waals surface area contributed by atoms with Crippen molar-refractivity contribution >= 4 is 11.9 Å². The Morgan fingerprint density at radius 2 is 0.829 bits per heavy atom. The molecule has 5 nitrogen and oxygen atoms in total. The van der Waals surface area contributed by atoms with E-state index in [9.17, 15) is 14.7 Å². The first-order valence-electron chi connectivity index (χ1n) is 18.2. The lowest BCUT2D eigenvalue weighted by atomic mass is 10.0. The number of aliphatic carboxylic acids is 1. The van der Waals surface area contributed by atoms with Crippen LogP contribution >= 0.6 is 0 Å². The first kappa shape index (κ1) is 39.9. The molecule has 41 heavy (non-hydrogen) atoms. The zero-order valence-corrected chi connectivity index (χ0v) is 27.7. The minimum absolute atomic E-state index is 0.0908. The average Bonchev–Trinajstić information content (AvgIpc) is 2.96. The van der Waals surface area contributed by atoms with E-state index in [0.717, 1.165) is 25.7 Å². The van der Waals surface area contributed by atoms with Gasteiger partial charge in [-0.15, -0.1) is 0 Å². The molecule has 1 atom stereocenters. The monoisotopic (exact) mass is 582 g/mol. The number of carbonyl (C=O) groups excluding carboxylic acids is 1. The van der Waals surface area contributed by atoms with Gasteiger partial charge in [0.1, 0.15) is 6.04 Å². The van der Waals surface area contributed by atoms with Crippen LogP contribution < -0.4 is 5.32 Å². The Kier molecular flexibility index (Phi) is 32.5. The van der Waals surface area contributed by atoms with Crippen molar-refractivity contribution in [2.75, 3.05) is 13.2 Å². The molecule has 5 heteroatoms. The van der Waals surface area contributed by atoms with Crippen LogP contribution in [0.5, 0.6) is 0 Å². The minimum atomic E-state index is -0.969. The number of rotatable bonds is 34. The predicted octanol–water partition coefficient (Wildman–Crippen LogP) is 10.9. The highest BCUT2D eigenvalue weighted by Crippen LogP contribution is 2.14. The molecule has 0 aromatic rings. The number of ether oxygens (including phenoxy) is 1. The van der Waals surface area contributed by atoms with Gasteiger partial charge in [0.25, 0.3) is 0 Å². The molecule has 244 valence electrons. The molecule has 0 heterocycles. The van der Waals surface area contributed by atoms with Crippen LogP contribution in [0.1, 0.15) is 200 Å². The molecule has 0 saturated heterocycles. The van der Waals surface area contributed by atoms with E-state index >= 15 is 0 Å². The Balaban J connectivity index is 3.51. The highest BCUT2D eigenvalue weighted by Gasteiger charge is 2.21. The van der Waals surface area contributed by atoms with Gasteiger partial charge in [-0.05, 0) is 19.4 Å². The molecule has 0 aromatic heterocycles. The van der Waals surface area contributed by atoms with Crippen LogP contribution in [0.4, 0.5) is 0 Å². The summed E-state index contributed by atoms with van der Waals surface area (Å²) in [4.78, 5) is 23.7. The fraction of sp³-hybridized carbons (Fsp3) is 0.944. The Bertz CT molecular complexity index is 554. The van der Waals surface area contributed by atoms with Gasteiger partial charge in [-0.3, -0.25) is 9.59 Å². The fourth-order valence-corrected chi connectivity index (χ4v) is 5.55. The average molecular weight is 582 g/mol. The molecule has 1 unspecified atom stereocenters. The lowest BCUT2D eigenvalue weighted by molar-refractivity contribution is -0.149. The molecule has 0 amide bonds. The molecule has 0 aliphatic rings. The second-order valence-electron chi connectivity index (χ2n) is 12.5. The van der Waals surface area contributed by atoms with Gasteiger partial charge in [-0.1, -0.05) is 181 Å². The number of unbranched alkanes of at least 4 members (excludes halogenated alkanes) is 26. The van der Waals surface area contributed by atoms with Gasteiger partial charge in [0.15, 0.2) is 0 Å². The highest BCUT2D eigenvalue weighted by atomic mass is 16.5. The number of carboxylic acids is 1. The van der Waals surface area contributed by atoms with E-state index in [2.05, 4.69) is 19.2 Å². The number of hydrogen-bond acceptors (Lipinski definition) is 4. The van der Waals surface area contributed by atoms with Crippen molar-refractivity contribution in [3.8, 4) is 0 Å². The third-order valence-electron chi connectivity index (χ3n) is 8.35. The molecule has 2 N–H and O–H groups in total. The van der Waals surface area contributed by atoms with Gasteiger partial charge in [0, 0.05) is 0 Å². The third kappa shape index (κ3) is 31.7. The van der Waals surface area contributed by atoms with E-state index in [1.807, 2.05) is 0 Å². The van der Waals surface area contributed by atoms with E-state index in [-0.39, 0.29) is 6.42 Å². The Hall–Kier alpha value is -1.10. The number of carboxylic acid groups (broad SMARTS) is 1. The van der Waals surface area contributed by atoms with Gasteiger partial charge in [0.05, 0.1) is 13.0 Å². The largest absolute Gasteiger partial charge is 0.480 e. The molecule has 0 radical (unpaired) electrons. The summed E-state index contributed by atoms with van der Waals surface area (Å²) in [6.45, 7) is 5.58. The van der Waals surface area contributed by atoms with E-state index in [1.165, 1.54) is 154 Å². The molecule has 0 aliphatic heterocycles. The van der Waals surface area contributed by atoms with Crippen molar-refractivity contribution < 1.29 is 19.4 Å². The molecule has 0 aromatic carbocycles. The fourth-order valence-electron chi connectivity index (χ4n) is 5.55. The summed E-state index contributed by atoms with van der Waals surface area (Å²) in [5.41, 5.74) is 0. The minimum Gasteiger partial charge on any atom is -0.480 e. The summed E-state index contributed by atoms with van der Waals surface area (Å²) in [7, 11) is 0. The van der Waals surface area contributed by atoms with Gasteiger partial charge >= 0.3 is 11.9 Å². The summed E-state index contributed by atoms with van der Waals surface area (Å²) < 4.78 is 5.32. The molecular formula is C36H71NO4. The maximum absolute atomic E-state index is 12.1. The number of esters is 1. The van der Waals surface area contributed by atoms with Crippen LogP contribution in [0.2, 0.25) is 0 Å². The maximum Gasteiger partial charge on any atom is 0.321 e. The summed E-state index contributed by atoms with van der Waals surface area (Å²) in [6, 6.07) is -0.846. The SMILES string of the molecule is CCCCCCCCCCCCCCCCCOC(=O)CC(NCCCCCCCCCCCCCCC)C(=O)O. The molecule has 0 aliphatic carbocycles. The summed E-state index contributed by atoms with van der Waals surface area (Å²) in [5.74, 6) is -1.37. The summed E-state index contributed by atoms with van der Waals surface area (Å²) >= 11 is 0. The van der Waals surface area contributed by atoms with Crippen molar-refractivity contribution in [1.29, 1.82) is 0 Å². The smallest absolute Gasteiger partial charge is 0.321 e. The van der Waals surface area contributed by atoms with Crippen molar-refractivity contribution in [1.82, 2.24) is 5.32 Å². The van der Waals surface area contributed by atoms with Crippen molar-refractivity contribution in [3.63, 3.8) is 0 Å². The van der Waals surface area contributed by atoms with E-state index in [1.54, 1.807) is 0 Å². The normalized spacial score (nSPS) is 12.0. The predicted molar refractivity (Wildman–Crippen MR) is 176 cm³/mol. The molecule has 0 bridgehead atoms. The van der Waals surface area contributed by atoms with Crippen molar-refractivity contribution in [2.24, 2.45) is 0 Å². The maximum atomic E-state index is 12.1. The van der Waals surface area contributed by atoms with Crippen LogP contribution in [0.25, 0.3) is 0 Å². The van der Waals surface area contributed by atoms with Gasteiger partial charge in [0.2, 0.25) is 0 Å². The number of carbonyl (C=O) groups is 2. The first-order chi connectivity index (χ1) is 20.1. The zero-order chi connectivity index (χ0) is 30.1. The third-order valence-corrected chi connectivity index (χ3v) is 8.35. The Morgan fingerprint density at radius 3 is 1.17 bits per heavy atom. The van der Waals surface area contributed by atoms with Crippen LogP contribution in [0.15, 0.2) is 0 Å². The van der Waals surface area contributed by atoms with Gasteiger partial charge in [-0.25, -0.2) is 0 Å². The van der Waals surface area contributed by atoms with Gasteiger partial charge < -0.3 is 15.2 Å². The molecule has 0 spiro atoms. The quantitative estimate of drug-likeness (QED) is 0.0584. The van der Waals surface area contributed by atoms with Gasteiger partial charge in [-0.2, -0.15) is 0 Å². The first-order valence-corrected chi connectivity index (χ1v) is 18.2. The molecule has 0 fully saturated rings. The van der Waals surface area contributed by atoms with Crippen LogP contribution in [-0.2, 0) is 14.3 Å². The number of nitrogens with one attached hydrogen (secondary N) is 1. The van der Waals surface area contributed by atoms with Crippen molar-refractivity contribution in [3.05, 3.63) is 0 Å². The lowest BCUT2D eigenvalue weighted by Crippen LogP contribution is -2.39. The van der Waals surface area contributed by atoms with Crippen LogP contribution in [0.3, 0.4) is 0 Å². The van der Waals surface area contributed by atoms with E-state index < -0.39 is 18.0 Å². The van der Waals surface area contributed by atoms with E-state index in [4.69, 9.17) is 4.74 Å². The standard InChI is InChI=1S/C36H71NO4/c1-3-5-7-9-11-13-15-17-18-20-22-24-26-28-30-32-41-35(38)33-34(36(39)40)37-31-29-27-25-23-21-19-16-14-12-10-8-6-4-2/h34,37H,3-33H2,1-2H3,(H,39,40). The van der Waals surface area contributed by atoms with Crippen LogP contribution in [-0.4, -0.2) is 36.2 Å². The Labute approximate surface area is 255 Å². The second-order valence-corrected chi connectivity index (χ2v) is 12.5. The van der Waals surface area contributed by atoms with Crippen molar-refractivity contribution in [2.45, 2.75) is 206 Å². The lowest BCUT2D eigenvalue weighted by Gasteiger charge is -2.14. The Morgan fingerprint density at radius 1 is 0.512 bits per heavy atom. The highest BCUT2D eigenvalue weighted by molar-refractivity contribution is 5.81. The zero-order valence-electron chi connectivity index (χ0n) is 27.7. The topological polar surface area (TPSA) is 75.6 Å². The summed E-state index contributed by atoms with van der Waals surface area (Å²) in [5, 5.41) is 12.5. The van der Waals surface area contributed by atoms with E-state index in [0.29, 0.717) is 13.2 Å². The van der Waals surface area contributed by atoms with Crippen LogP contribution in [0, 0.1) is 0 Å². The molecule has 0 rings (SSSR count). The molecule has 0 saturated carbocycles.